The van der Waals surface area contributed by atoms with Crippen LogP contribution < -0.4 is 5.73 Å². The van der Waals surface area contributed by atoms with Gasteiger partial charge in [-0.2, -0.15) is 0 Å². The van der Waals surface area contributed by atoms with Gasteiger partial charge in [-0.1, -0.05) is 20.8 Å². The Morgan fingerprint density at radius 1 is 1.42 bits per heavy atom. The Morgan fingerprint density at radius 2 is 2.00 bits per heavy atom. The van der Waals surface area contributed by atoms with E-state index in [1.807, 2.05) is 0 Å². The highest BCUT2D eigenvalue weighted by Gasteiger charge is 2.24. The summed E-state index contributed by atoms with van der Waals surface area (Å²) in [4.78, 5) is 0. The summed E-state index contributed by atoms with van der Waals surface area (Å²) in [5.41, 5.74) is 6.10. The van der Waals surface area contributed by atoms with Crippen LogP contribution in [-0.2, 0) is 4.74 Å². The van der Waals surface area contributed by atoms with E-state index in [2.05, 4.69) is 20.8 Å². The SMILES string of the molecule is CC(C)(C)C(N)COCC1CC1. The average molecular weight is 171 g/mol. The molecule has 0 heterocycles. The van der Waals surface area contributed by atoms with Crippen LogP contribution >= 0.6 is 0 Å². The molecule has 1 saturated carbocycles. The molecule has 2 heteroatoms. The van der Waals surface area contributed by atoms with Crippen LogP contribution in [0.2, 0.25) is 0 Å². The van der Waals surface area contributed by atoms with Crippen LogP contribution in [0.5, 0.6) is 0 Å². The Hall–Kier alpha value is -0.0800. The van der Waals surface area contributed by atoms with Crippen molar-refractivity contribution in [3.63, 3.8) is 0 Å². The van der Waals surface area contributed by atoms with Gasteiger partial charge in [0.05, 0.1) is 6.61 Å². The molecule has 1 atom stereocenters. The molecule has 72 valence electrons. The van der Waals surface area contributed by atoms with Crippen molar-refractivity contribution in [2.24, 2.45) is 17.1 Å². The first-order valence-electron chi connectivity index (χ1n) is 4.83. The molecule has 1 fully saturated rings. The van der Waals surface area contributed by atoms with E-state index in [1.165, 1.54) is 12.8 Å². The van der Waals surface area contributed by atoms with Crippen LogP contribution in [0.25, 0.3) is 0 Å². The van der Waals surface area contributed by atoms with Crippen molar-refractivity contribution < 1.29 is 4.74 Å². The molecule has 12 heavy (non-hydrogen) atoms. The van der Waals surface area contributed by atoms with Gasteiger partial charge in [0.1, 0.15) is 0 Å². The topological polar surface area (TPSA) is 35.2 Å². The van der Waals surface area contributed by atoms with Crippen LogP contribution in [-0.4, -0.2) is 19.3 Å². The highest BCUT2D eigenvalue weighted by Crippen LogP contribution is 2.29. The van der Waals surface area contributed by atoms with Gasteiger partial charge in [0, 0.05) is 12.6 Å². The first-order valence-corrected chi connectivity index (χ1v) is 4.83. The molecule has 0 radical (unpaired) electrons. The van der Waals surface area contributed by atoms with Gasteiger partial charge in [-0.15, -0.1) is 0 Å². The molecule has 0 aliphatic heterocycles. The lowest BCUT2D eigenvalue weighted by molar-refractivity contribution is 0.0832. The molecule has 1 rings (SSSR count). The van der Waals surface area contributed by atoms with Crippen LogP contribution in [0, 0.1) is 11.3 Å². The Bertz CT molecular complexity index is 135. The molecule has 0 amide bonds. The van der Waals surface area contributed by atoms with Gasteiger partial charge in [0.15, 0.2) is 0 Å². The molecular formula is C10H21NO. The molecule has 0 saturated heterocycles. The minimum absolute atomic E-state index is 0.163. The summed E-state index contributed by atoms with van der Waals surface area (Å²) in [5.74, 6) is 0.845. The molecular weight excluding hydrogens is 150 g/mol. The molecule has 2 nitrogen and oxygen atoms in total. The van der Waals surface area contributed by atoms with Crippen molar-refractivity contribution in [3.8, 4) is 0 Å². The van der Waals surface area contributed by atoms with Crippen LogP contribution in [0.3, 0.4) is 0 Å². The number of hydrogen-bond acceptors (Lipinski definition) is 2. The summed E-state index contributed by atoms with van der Waals surface area (Å²) in [7, 11) is 0. The largest absolute Gasteiger partial charge is 0.380 e. The maximum atomic E-state index is 5.93. The monoisotopic (exact) mass is 171 g/mol. The predicted octanol–water partition coefficient (Wildman–Crippen LogP) is 1.79. The lowest BCUT2D eigenvalue weighted by Gasteiger charge is -2.26. The fraction of sp³-hybridized carbons (Fsp3) is 1.00. The summed E-state index contributed by atoms with van der Waals surface area (Å²) in [6.45, 7) is 8.08. The third-order valence-corrected chi connectivity index (χ3v) is 2.46. The van der Waals surface area contributed by atoms with Gasteiger partial charge in [-0.25, -0.2) is 0 Å². The van der Waals surface area contributed by atoms with Gasteiger partial charge in [-0.3, -0.25) is 0 Å². The zero-order valence-electron chi connectivity index (χ0n) is 8.47. The molecule has 0 aromatic carbocycles. The van der Waals surface area contributed by atoms with Crippen molar-refractivity contribution in [1.29, 1.82) is 0 Å². The van der Waals surface area contributed by atoms with Crippen molar-refractivity contribution in [1.82, 2.24) is 0 Å². The highest BCUT2D eigenvalue weighted by molar-refractivity contribution is 4.77. The standard InChI is InChI=1S/C10H21NO/c1-10(2,3)9(11)7-12-6-8-4-5-8/h8-9H,4-7,11H2,1-3H3. The van der Waals surface area contributed by atoms with Crippen LogP contribution in [0.4, 0.5) is 0 Å². The molecule has 1 aliphatic carbocycles. The van der Waals surface area contributed by atoms with Crippen LogP contribution in [0.1, 0.15) is 33.6 Å². The lowest BCUT2D eigenvalue weighted by atomic mass is 9.88. The number of hydrogen-bond donors (Lipinski definition) is 1. The third-order valence-electron chi connectivity index (χ3n) is 2.46. The molecule has 0 bridgehead atoms. The van der Waals surface area contributed by atoms with Gasteiger partial charge < -0.3 is 10.5 Å². The van der Waals surface area contributed by atoms with E-state index in [9.17, 15) is 0 Å². The van der Waals surface area contributed by atoms with E-state index >= 15 is 0 Å². The van der Waals surface area contributed by atoms with E-state index in [0.29, 0.717) is 6.61 Å². The molecule has 0 aromatic heterocycles. The molecule has 1 aliphatic rings. The first-order chi connectivity index (χ1) is 5.50. The number of rotatable bonds is 4. The van der Waals surface area contributed by atoms with Crippen molar-refractivity contribution in [2.45, 2.75) is 39.7 Å². The maximum absolute atomic E-state index is 5.93. The second-order valence-corrected chi connectivity index (χ2v) is 4.95. The quantitative estimate of drug-likeness (QED) is 0.700. The Morgan fingerprint density at radius 3 is 2.42 bits per heavy atom. The summed E-state index contributed by atoms with van der Waals surface area (Å²) < 4.78 is 5.52. The van der Waals surface area contributed by atoms with E-state index < -0.39 is 0 Å². The Balaban J connectivity index is 2.04. The van der Waals surface area contributed by atoms with Gasteiger partial charge >= 0.3 is 0 Å². The number of nitrogens with two attached hydrogens (primary N) is 1. The van der Waals surface area contributed by atoms with E-state index in [4.69, 9.17) is 10.5 Å². The Kier molecular flexibility index (Phi) is 3.13. The second kappa shape index (κ2) is 3.75. The fourth-order valence-electron chi connectivity index (χ4n) is 0.896. The predicted molar refractivity (Wildman–Crippen MR) is 51.0 cm³/mol. The average Bonchev–Trinajstić information content (AvgIpc) is 2.69. The summed E-state index contributed by atoms with van der Waals surface area (Å²) in [6.07, 6.45) is 2.70. The molecule has 1 unspecified atom stereocenters. The van der Waals surface area contributed by atoms with Gasteiger partial charge in [0.25, 0.3) is 0 Å². The summed E-state index contributed by atoms with van der Waals surface area (Å²) >= 11 is 0. The summed E-state index contributed by atoms with van der Waals surface area (Å²) in [6, 6.07) is 0.163. The zero-order chi connectivity index (χ0) is 9.19. The Labute approximate surface area is 75.5 Å². The third kappa shape index (κ3) is 3.55. The first kappa shape index (κ1) is 10.0. The van der Waals surface area contributed by atoms with E-state index in [0.717, 1.165) is 12.5 Å². The van der Waals surface area contributed by atoms with Crippen molar-refractivity contribution in [3.05, 3.63) is 0 Å². The van der Waals surface area contributed by atoms with Gasteiger partial charge in [0.2, 0.25) is 0 Å². The fourth-order valence-corrected chi connectivity index (χ4v) is 0.896. The molecule has 0 spiro atoms. The maximum Gasteiger partial charge on any atom is 0.0622 e. The minimum atomic E-state index is 0.163. The van der Waals surface area contributed by atoms with Gasteiger partial charge in [-0.05, 0) is 24.2 Å². The zero-order valence-corrected chi connectivity index (χ0v) is 8.47. The molecule has 0 aromatic rings. The lowest BCUT2D eigenvalue weighted by Crippen LogP contribution is -2.39. The smallest absolute Gasteiger partial charge is 0.0622 e. The second-order valence-electron chi connectivity index (χ2n) is 4.95. The van der Waals surface area contributed by atoms with Crippen molar-refractivity contribution in [2.75, 3.05) is 13.2 Å². The molecule has 2 N–H and O–H groups in total. The van der Waals surface area contributed by atoms with Crippen molar-refractivity contribution >= 4 is 0 Å². The van der Waals surface area contributed by atoms with Crippen LogP contribution in [0.15, 0.2) is 0 Å². The summed E-state index contributed by atoms with van der Waals surface area (Å²) in [5, 5.41) is 0. The normalized spacial score (nSPS) is 21.0. The highest BCUT2D eigenvalue weighted by atomic mass is 16.5. The minimum Gasteiger partial charge on any atom is -0.380 e. The van der Waals surface area contributed by atoms with E-state index in [1.54, 1.807) is 0 Å². The van der Waals surface area contributed by atoms with E-state index in [-0.39, 0.29) is 11.5 Å². The number of ether oxygens (including phenoxy) is 1.